The third-order valence-electron chi connectivity index (χ3n) is 2.01. The predicted molar refractivity (Wildman–Crippen MR) is 54.4 cm³/mol. The summed E-state index contributed by atoms with van der Waals surface area (Å²) in [6.45, 7) is 0. The normalized spacial score (nSPS) is 14.5. The molecular weight excluding hydrogens is 241 g/mol. The number of nitrogens with two attached hydrogens (primary N) is 1. The molecule has 0 fully saturated rings. The molecule has 0 saturated carbocycles. The highest BCUT2D eigenvalue weighted by molar-refractivity contribution is 6.31. The maximum Gasteiger partial charge on any atom is 0.335 e. The molecule has 0 bridgehead atoms. The van der Waals surface area contributed by atoms with Crippen LogP contribution in [0.2, 0.25) is 5.02 Å². The molecule has 0 aromatic heterocycles. The van der Waals surface area contributed by atoms with E-state index in [0.717, 1.165) is 12.1 Å². The quantitative estimate of drug-likeness (QED) is 0.586. The van der Waals surface area contributed by atoms with Gasteiger partial charge >= 0.3 is 5.97 Å². The molecule has 0 aliphatic carbocycles. The standard InChI is InChI=1S/C9H9ClFNO4/c10-5-3(1-2-4(12)6(5)11)7(13)8(14)9(15)16/h1-2,7-8,13-14H,12H2,(H,15,16). The minimum atomic E-state index is -2.08. The first-order chi connectivity index (χ1) is 7.36. The van der Waals surface area contributed by atoms with Crippen molar-refractivity contribution >= 4 is 23.3 Å². The van der Waals surface area contributed by atoms with E-state index < -0.39 is 29.0 Å². The molecule has 88 valence electrons. The van der Waals surface area contributed by atoms with Crippen molar-refractivity contribution in [1.29, 1.82) is 0 Å². The molecular formula is C9H9ClFNO4. The van der Waals surface area contributed by atoms with E-state index in [1.54, 1.807) is 0 Å². The van der Waals surface area contributed by atoms with E-state index in [9.17, 15) is 14.3 Å². The molecule has 1 rings (SSSR count). The molecule has 0 aliphatic heterocycles. The van der Waals surface area contributed by atoms with E-state index in [2.05, 4.69) is 0 Å². The second kappa shape index (κ2) is 4.65. The summed E-state index contributed by atoms with van der Waals surface area (Å²) in [6.07, 6.45) is -3.90. The van der Waals surface area contributed by atoms with Crippen molar-refractivity contribution in [3.8, 4) is 0 Å². The lowest BCUT2D eigenvalue weighted by Crippen LogP contribution is -2.27. The molecule has 2 unspecified atom stereocenters. The van der Waals surface area contributed by atoms with Gasteiger partial charge in [0, 0.05) is 5.56 Å². The Morgan fingerprint density at radius 3 is 2.50 bits per heavy atom. The van der Waals surface area contributed by atoms with Crippen LogP contribution in [0.25, 0.3) is 0 Å². The largest absolute Gasteiger partial charge is 0.479 e. The van der Waals surface area contributed by atoms with Crippen LogP contribution in [0.1, 0.15) is 11.7 Å². The van der Waals surface area contributed by atoms with Gasteiger partial charge in [-0.25, -0.2) is 9.18 Å². The van der Waals surface area contributed by atoms with Crippen LogP contribution >= 0.6 is 11.6 Å². The highest BCUT2D eigenvalue weighted by atomic mass is 35.5. The lowest BCUT2D eigenvalue weighted by molar-refractivity contribution is -0.153. The maximum absolute atomic E-state index is 13.2. The number of aliphatic carboxylic acids is 1. The maximum atomic E-state index is 13.2. The van der Waals surface area contributed by atoms with E-state index in [1.165, 1.54) is 0 Å². The van der Waals surface area contributed by atoms with E-state index in [1.807, 2.05) is 0 Å². The molecule has 5 N–H and O–H groups in total. The number of halogens is 2. The number of anilines is 1. The van der Waals surface area contributed by atoms with Gasteiger partial charge in [-0.05, 0) is 6.07 Å². The number of nitrogen functional groups attached to an aromatic ring is 1. The molecule has 1 aromatic carbocycles. The highest BCUT2D eigenvalue weighted by Crippen LogP contribution is 2.30. The molecule has 0 saturated heterocycles. The summed E-state index contributed by atoms with van der Waals surface area (Å²) in [6, 6.07) is 2.27. The van der Waals surface area contributed by atoms with Crippen LogP contribution in [0.5, 0.6) is 0 Å². The number of rotatable bonds is 3. The molecule has 0 spiro atoms. The van der Waals surface area contributed by atoms with Gasteiger partial charge in [-0.2, -0.15) is 0 Å². The topological polar surface area (TPSA) is 104 Å². The summed E-state index contributed by atoms with van der Waals surface area (Å²) in [4.78, 5) is 10.4. The smallest absolute Gasteiger partial charge is 0.335 e. The predicted octanol–water partition coefficient (Wildman–Crippen LogP) is 0.540. The third kappa shape index (κ3) is 2.24. The summed E-state index contributed by atoms with van der Waals surface area (Å²) in [7, 11) is 0. The highest BCUT2D eigenvalue weighted by Gasteiger charge is 2.28. The number of hydrogen-bond donors (Lipinski definition) is 4. The Hall–Kier alpha value is -1.37. The fraction of sp³-hybridized carbons (Fsp3) is 0.222. The van der Waals surface area contributed by atoms with Crippen molar-refractivity contribution in [2.24, 2.45) is 0 Å². The fourth-order valence-corrected chi connectivity index (χ4v) is 1.40. The number of carbonyl (C=O) groups is 1. The number of aliphatic hydroxyl groups excluding tert-OH is 2. The molecule has 0 aliphatic rings. The van der Waals surface area contributed by atoms with Crippen LogP contribution in [-0.4, -0.2) is 27.4 Å². The minimum Gasteiger partial charge on any atom is -0.479 e. The molecule has 16 heavy (non-hydrogen) atoms. The fourth-order valence-electron chi connectivity index (χ4n) is 1.11. The van der Waals surface area contributed by atoms with Gasteiger partial charge in [0.05, 0.1) is 10.7 Å². The summed E-state index contributed by atoms with van der Waals surface area (Å²) in [5.74, 6) is -2.60. The van der Waals surface area contributed by atoms with Crippen LogP contribution in [0, 0.1) is 5.82 Å². The Morgan fingerprint density at radius 2 is 2.00 bits per heavy atom. The summed E-state index contributed by atoms with van der Waals surface area (Å²) in [5, 5.41) is 26.5. The lowest BCUT2D eigenvalue weighted by atomic mass is 10.0. The molecule has 0 heterocycles. The van der Waals surface area contributed by atoms with E-state index in [4.69, 9.17) is 27.5 Å². The first-order valence-electron chi connectivity index (χ1n) is 4.18. The van der Waals surface area contributed by atoms with Crippen molar-refractivity contribution in [1.82, 2.24) is 0 Å². The Morgan fingerprint density at radius 1 is 1.44 bits per heavy atom. The van der Waals surface area contributed by atoms with E-state index >= 15 is 0 Å². The van der Waals surface area contributed by atoms with Crippen molar-refractivity contribution in [3.05, 3.63) is 28.5 Å². The zero-order valence-corrected chi connectivity index (χ0v) is 8.65. The molecule has 7 heteroatoms. The van der Waals surface area contributed by atoms with Crippen molar-refractivity contribution in [3.63, 3.8) is 0 Å². The summed E-state index contributed by atoms with van der Waals surface area (Å²) in [5.41, 5.74) is 4.74. The Kier molecular flexibility index (Phi) is 3.69. The van der Waals surface area contributed by atoms with E-state index in [-0.39, 0.29) is 11.3 Å². The Labute approximate surface area is 94.9 Å². The van der Waals surface area contributed by atoms with Crippen LogP contribution in [-0.2, 0) is 4.79 Å². The van der Waals surface area contributed by atoms with Crippen molar-refractivity contribution < 1.29 is 24.5 Å². The van der Waals surface area contributed by atoms with Gasteiger partial charge in [-0.3, -0.25) is 0 Å². The molecule has 5 nitrogen and oxygen atoms in total. The zero-order chi connectivity index (χ0) is 12.5. The van der Waals surface area contributed by atoms with Gasteiger partial charge in [0.25, 0.3) is 0 Å². The zero-order valence-electron chi connectivity index (χ0n) is 7.89. The Balaban J connectivity index is 3.14. The first-order valence-corrected chi connectivity index (χ1v) is 4.56. The summed E-state index contributed by atoms with van der Waals surface area (Å²) >= 11 is 5.52. The summed E-state index contributed by atoms with van der Waals surface area (Å²) < 4.78 is 13.2. The number of carboxylic acids is 1. The lowest BCUT2D eigenvalue weighted by Gasteiger charge is -2.16. The van der Waals surface area contributed by atoms with Crippen LogP contribution in [0.4, 0.5) is 10.1 Å². The molecule has 0 radical (unpaired) electrons. The number of hydrogen-bond acceptors (Lipinski definition) is 4. The second-order valence-corrected chi connectivity index (χ2v) is 3.48. The van der Waals surface area contributed by atoms with Crippen LogP contribution in [0.3, 0.4) is 0 Å². The molecule has 0 amide bonds. The van der Waals surface area contributed by atoms with Gasteiger partial charge in [-0.1, -0.05) is 17.7 Å². The van der Waals surface area contributed by atoms with Gasteiger partial charge in [0.2, 0.25) is 0 Å². The minimum absolute atomic E-state index is 0.231. The van der Waals surface area contributed by atoms with Crippen LogP contribution < -0.4 is 5.73 Å². The number of aliphatic hydroxyl groups is 2. The molecule has 1 aromatic rings. The van der Waals surface area contributed by atoms with Gasteiger partial charge in [0.1, 0.15) is 6.10 Å². The average Bonchev–Trinajstić information content (AvgIpc) is 2.24. The van der Waals surface area contributed by atoms with Gasteiger partial charge < -0.3 is 21.1 Å². The third-order valence-corrected chi connectivity index (χ3v) is 2.40. The monoisotopic (exact) mass is 249 g/mol. The van der Waals surface area contributed by atoms with E-state index in [0.29, 0.717) is 0 Å². The number of benzene rings is 1. The van der Waals surface area contributed by atoms with Crippen LogP contribution in [0.15, 0.2) is 12.1 Å². The second-order valence-electron chi connectivity index (χ2n) is 3.10. The number of carboxylic acid groups (broad SMARTS) is 1. The Bertz CT molecular complexity index is 426. The average molecular weight is 250 g/mol. The first kappa shape index (κ1) is 12.7. The molecule has 2 atom stereocenters. The van der Waals surface area contributed by atoms with Gasteiger partial charge in [-0.15, -0.1) is 0 Å². The van der Waals surface area contributed by atoms with Gasteiger partial charge in [0.15, 0.2) is 11.9 Å². The SMILES string of the molecule is Nc1ccc(C(O)C(O)C(=O)O)c(Cl)c1F. The van der Waals surface area contributed by atoms with Crippen molar-refractivity contribution in [2.45, 2.75) is 12.2 Å². The van der Waals surface area contributed by atoms with Crippen molar-refractivity contribution in [2.75, 3.05) is 5.73 Å².